The number of carbonyl (C=O) groups excluding carboxylic acids is 2. The normalized spacial score (nSPS) is 30.4. The lowest BCUT2D eigenvalue weighted by molar-refractivity contribution is -0.213. The number of hydrogen-bond acceptors (Lipinski definition) is 8. The molecule has 28 heavy (non-hydrogen) atoms. The molecule has 0 aromatic heterocycles. The monoisotopic (exact) mass is 403 g/mol. The molecule has 0 aliphatic carbocycles. The first-order chi connectivity index (χ1) is 15.4. The molecule has 0 amide bonds. The molecule has 0 saturated carbocycles. The highest BCUT2D eigenvalue weighted by Crippen LogP contribution is 2.33. The Labute approximate surface area is 173 Å². The van der Waals surface area contributed by atoms with Crippen molar-refractivity contribution >= 4 is 11.9 Å². The summed E-state index contributed by atoms with van der Waals surface area (Å²) >= 11 is 0. The first-order valence-corrected chi connectivity index (χ1v) is 9.00. The SMILES string of the molecule is [2H]C([2H])([2H])C(O)(C([2H])([2H])[2H])[C@@](O)(C(=O)OCC1=CCN2CC[C@@H](OC(=O)/C(C)=C\C)[C@@H]12)[C@H](C)O. The summed E-state index contributed by atoms with van der Waals surface area (Å²) in [6.45, 7) is -2.95. The quantitative estimate of drug-likeness (QED) is 0.316. The van der Waals surface area contributed by atoms with Gasteiger partial charge in [0.05, 0.1) is 12.1 Å². The van der Waals surface area contributed by atoms with Gasteiger partial charge in [0.2, 0.25) is 5.60 Å². The third-order valence-corrected chi connectivity index (χ3v) is 5.26. The van der Waals surface area contributed by atoms with Crippen molar-refractivity contribution in [1.82, 2.24) is 4.90 Å². The Morgan fingerprint density at radius 3 is 2.71 bits per heavy atom. The van der Waals surface area contributed by atoms with E-state index in [2.05, 4.69) is 0 Å². The molecule has 0 aromatic carbocycles. The van der Waals surface area contributed by atoms with Crippen molar-refractivity contribution in [3.05, 3.63) is 23.3 Å². The number of esters is 2. The van der Waals surface area contributed by atoms with Gasteiger partial charge in [0.1, 0.15) is 18.3 Å². The fraction of sp³-hybridized carbons (Fsp3) is 0.700. The average molecular weight is 404 g/mol. The molecule has 3 N–H and O–H groups in total. The lowest BCUT2D eigenvalue weighted by Crippen LogP contribution is -2.63. The fourth-order valence-corrected chi connectivity index (χ4v) is 3.35. The van der Waals surface area contributed by atoms with Crippen molar-refractivity contribution in [1.29, 1.82) is 0 Å². The van der Waals surface area contributed by atoms with Gasteiger partial charge in [-0.25, -0.2) is 9.59 Å². The molecule has 0 bridgehead atoms. The van der Waals surface area contributed by atoms with Crippen LogP contribution < -0.4 is 0 Å². The van der Waals surface area contributed by atoms with Gasteiger partial charge in [0.25, 0.3) is 0 Å². The second-order valence-corrected chi connectivity index (χ2v) is 7.15. The van der Waals surface area contributed by atoms with Gasteiger partial charge < -0.3 is 24.8 Å². The average Bonchev–Trinajstić information content (AvgIpc) is 3.31. The maximum atomic E-state index is 12.9. The zero-order valence-electron chi connectivity index (χ0n) is 22.1. The van der Waals surface area contributed by atoms with Crippen LogP contribution in [-0.2, 0) is 19.1 Å². The molecule has 1 fully saturated rings. The van der Waals surface area contributed by atoms with E-state index < -0.39 is 61.7 Å². The molecule has 158 valence electrons. The predicted octanol–water partition coefficient (Wildman–Crippen LogP) is 0.305. The number of rotatable bonds is 7. The van der Waals surface area contributed by atoms with E-state index in [-0.39, 0.29) is 0 Å². The van der Waals surface area contributed by atoms with Gasteiger partial charge >= 0.3 is 11.9 Å². The smallest absolute Gasteiger partial charge is 0.344 e. The minimum absolute atomic E-state index is 0.420. The lowest BCUT2D eigenvalue weighted by Gasteiger charge is -2.38. The molecule has 2 aliphatic rings. The number of fused-ring (bicyclic) bond motifs is 1. The molecule has 2 aliphatic heterocycles. The van der Waals surface area contributed by atoms with Crippen LogP contribution in [0.25, 0.3) is 0 Å². The van der Waals surface area contributed by atoms with Gasteiger partial charge in [0, 0.05) is 26.9 Å². The van der Waals surface area contributed by atoms with Crippen molar-refractivity contribution in [2.45, 2.75) is 70.3 Å². The Morgan fingerprint density at radius 2 is 2.14 bits per heavy atom. The summed E-state index contributed by atoms with van der Waals surface area (Å²) in [4.78, 5) is 27.0. The zero-order valence-corrected chi connectivity index (χ0v) is 16.1. The van der Waals surface area contributed by atoms with E-state index in [4.69, 9.17) is 17.7 Å². The van der Waals surface area contributed by atoms with E-state index in [9.17, 15) is 24.9 Å². The predicted molar refractivity (Wildman–Crippen MR) is 101 cm³/mol. The van der Waals surface area contributed by atoms with Crippen LogP contribution in [0.5, 0.6) is 0 Å². The summed E-state index contributed by atoms with van der Waals surface area (Å²) < 4.78 is 55.6. The van der Waals surface area contributed by atoms with Crippen LogP contribution in [0.2, 0.25) is 0 Å². The summed E-state index contributed by atoms with van der Waals surface area (Å²) in [5.41, 5.74) is -6.82. The van der Waals surface area contributed by atoms with Crippen LogP contribution in [0, 0.1) is 0 Å². The maximum absolute atomic E-state index is 12.9. The van der Waals surface area contributed by atoms with Gasteiger partial charge in [-0.2, -0.15) is 0 Å². The lowest BCUT2D eigenvalue weighted by atomic mass is 9.81. The summed E-state index contributed by atoms with van der Waals surface area (Å²) in [6.07, 6.45) is 0.974. The van der Waals surface area contributed by atoms with Crippen LogP contribution in [0.3, 0.4) is 0 Å². The molecule has 0 aromatic rings. The minimum Gasteiger partial charge on any atom is -0.459 e. The summed E-state index contributed by atoms with van der Waals surface area (Å²) in [5, 5.41) is 31.6. The van der Waals surface area contributed by atoms with Crippen molar-refractivity contribution in [3.8, 4) is 0 Å². The highest BCUT2D eigenvalue weighted by atomic mass is 16.6. The van der Waals surface area contributed by atoms with Gasteiger partial charge in [-0.1, -0.05) is 12.2 Å². The molecule has 2 heterocycles. The Kier molecular flexibility index (Phi) is 4.50. The van der Waals surface area contributed by atoms with Crippen molar-refractivity contribution in [3.63, 3.8) is 0 Å². The number of allylic oxidation sites excluding steroid dienone is 1. The van der Waals surface area contributed by atoms with Crippen LogP contribution >= 0.6 is 0 Å². The highest BCUT2D eigenvalue weighted by molar-refractivity contribution is 5.87. The van der Waals surface area contributed by atoms with Gasteiger partial charge in [-0.3, -0.25) is 4.90 Å². The van der Waals surface area contributed by atoms with Crippen LogP contribution in [0.15, 0.2) is 23.3 Å². The zero-order chi connectivity index (χ0) is 26.3. The Hall–Kier alpha value is -1.74. The van der Waals surface area contributed by atoms with Gasteiger partial charge in [0.15, 0.2) is 0 Å². The van der Waals surface area contributed by atoms with Crippen LogP contribution in [0.1, 0.15) is 49.1 Å². The standard InChI is InChI=1S/C20H31NO7/c1-6-12(2)17(23)28-15-8-10-21-9-7-14(16(15)21)11-27-18(24)20(26,13(3)22)19(4,5)25/h6-7,13,15-16,22,25-26H,8-11H2,1-5H3/b12-6-/t13-,15+,16+,20-/m0/s1/i4D3,5D3. The number of nitrogens with zero attached hydrogens (tertiary/aromatic N) is 1. The molecule has 8 nitrogen and oxygen atoms in total. The highest BCUT2D eigenvalue weighted by Gasteiger charge is 2.54. The minimum atomic E-state index is -4.02. The molecular weight excluding hydrogens is 366 g/mol. The summed E-state index contributed by atoms with van der Waals surface area (Å²) in [7, 11) is 0. The fourth-order valence-electron chi connectivity index (χ4n) is 3.35. The van der Waals surface area contributed by atoms with Crippen molar-refractivity contribution in [2.75, 3.05) is 19.7 Å². The second-order valence-electron chi connectivity index (χ2n) is 7.15. The molecule has 0 spiro atoms. The molecule has 0 radical (unpaired) electrons. The first kappa shape index (κ1) is 15.1. The topological polar surface area (TPSA) is 117 Å². The summed E-state index contributed by atoms with van der Waals surface area (Å²) in [6, 6.07) is -0.440. The van der Waals surface area contributed by atoms with Crippen LogP contribution in [-0.4, -0.2) is 81.3 Å². The van der Waals surface area contributed by atoms with Gasteiger partial charge in [-0.05, 0) is 46.5 Å². The molecule has 2 rings (SSSR count). The molecular formula is C20H31NO7. The molecule has 4 atom stereocenters. The van der Waals surface area contributed by atoms with E-state index in [0.29, 0.717) is 30.7 Å². The second kappa shape index (κ2) is 8.32. The Bertz CT molecular complexity index is 852. The van der Waals surface area contributed by atoms with E-state index in [1.165, 1.54) is 0 Å². The third kappa shape index (κ3) is 4.15. The van der Waals surface area contributed by atoms with Crippen molar-refractivity contribution < 1.29 is 42.6 Å². The van der Waals surface area contributed by atoms with Gasteiger partial charge in [-0.15, -0.1) is 0 Å². The molecule has 0 unspecified atom stereocenters. The largest absolute Gasteiger partial charge is 0.459 e. The first-order valence-electron chi connectivity index (χ1n) is 12.0. The van der Waals surface area contributed by atoms with E-state index in [1.54, 1.807) is 26.0 Å². The Morgan fingerprint density at radius 1 is 1.46 bits per heavy atom. The van der Waals surface area contributed by atoms with E-state index in [0.717, 1.165) is 6.92 Å². The number of ether oxygens (including phenoxy) is 2. The van der Waals surface area contributed by atoms with E-state index >= 15 is 0 Å². The Balaban J connectivity index is 2.26. The third-order valence-electron chi connectivity index (χ3n) is 5.26. The summed E-state index contributed by atoms with van der Waals surface area (Å²) in [5.74, 6) is -2.31. The number of hydrogen-bond donors (Lipinski definition) is 3. The molecule has 1 saturated heterocycles. The molecule has 8 heteroatoms. The van der Waals surface area contributed by atoms with Crippen molar-refractivity contribution in [2.24, 2.45) is 0 Å². The number of aliphatic hydroxyl groups is 3. The van der Waals surface area contributed by atoms with E-state index in [1.807, 2.05) is 4.90 Å². The number of carbonyl (C=O) groups is 2. The maximum Gasteiger partial charge on any atom is 0.344 e. The number of aliphatic hydroxyl groups excluding tert-OH is 1. The van der Waals surface area contributed by atoms with Crippen LogP contribution in [0.4, 0.5) is 0 Å².